The number of aliphatic hydroxyl groups excluding tert-OH is 1. The Kier molecular flexibility index (Phi) is 5.41. The molecule has 2 aromatic carbocycles. The second-order valence-corrected chi connectivity index (χ2v) is 7.18. The number of phenols is 2. The number of hydrogen-bond donors (Lipinski definition) is 4. The van der Waals surface area contributed by atoms with Crippen LogP contribution in [0, 0.1) is 0 Å². The van der Waals surface area contributed by atoms with E-state index in [0.29, 0.717) is 11.3 Å². The molecule has 0 saturated carbocycles. The van der Waals surface area contributed by atoms with E-state index in [4.69, 9.17) is 13.9 Å². The van der Waals surface area contributed by atoms with Crippen molar-refractivity contribution in [3.63, 3.8) is 0 Å². The number of aromatic hydroxyl groups is 2. The number of benzene rings is 2. The zero-order valence-electron chi connectivity index (χ0n) is 16.2. The van der Waals surface area contributed by atoms with Crippen molar-refractivity contribution in [3.8, 4) is 28.9 Å². The summed E-state index contributed by atoms with van der Waals surface area (Å²) < 4.78 is 16.6. The lowest BCUT2D eigenvalue weighted by Gasteiger charge is -2.25. The van der Waals surface area contributed by atoms with Crippen LogP contribution < -0.4 is 14.9 Å². The van der Waals surface area contributed by atoms with Crippen molar-refractivity contribution in [1.29, 1.82) is 0 Å². The molecule has 0 fully saturated rings. The van der Waals surface area contributed by atoms with Crippen LogP contribution in [0.4, 0.5) is 0 Å². The quantitative estimate of drug-likeness (QED) is 0.495. The third-order valence-electron chi connectivity index (χ3n) is 4.51. The van der Waals surface area contributed by atoms with Crippen LogP contribution in [-0.2, 0) is 6.42 Å². The third-order valence-corrected chi connectivity index (χ3v) is 4.51. The molecule has 0 saturated heterocycles. The van der Waals surface area contributed by atoms with Gasteiger partial charge in [0.05, 0.1) is 24.9 Å². The molecule has 29 heavy (non-hydrogen) atoms. The summed E-state index contributed by atoms with van der Waals surface area (Å²) in [5, 5.41) is 40.0. The van der Waals surface area contributed by atoms with Crippen molar-refractivity contribution in [2.24, 2.45) is 0 Å². The Morgan fingerprint density at radius 1 is 1.14 bits per heavy atom. The lowest BCUT2D eigenvalue weighted by Crippen LogP contribution is -2.37. The SMILES string of the molecule is COc1cc(O)c2c(=O)cc(Oc3ccc(O)cc3)oc2c1CC(O)C(C)(C)O. The standard InChI is InChI=1S/C21H22O8/c1-21(2,26)17(25)8-13-16(27-3)9-14(23)19-15(24)10-18(29-20(13)19)28-12-6-4-11(22)5-7-12/h4-7,9-10,17,22-23,25-26H,8H2,1-3H3. The molecule has 8 nitrogen and oxygen atoms in total. The minimum atomic E-state index is -1.42. The highest BCUT2D eigenvalue weighted by Crippen LogP contribution is 2.37. The Balaban J connectivity index is 2.16. The Labute approximate surface area is 166 Å². The topological polar surface area (TPSA) is 130 Å². The Hall–Kier alpha value is -3.23. The first-order chi connectivity index (χ1) is 13.6. The van der Waals surface area contributed by atoms with E-state index < -0.39 is 17.1 Å². The van der Waals surface area contributed by atoms with E-state index in [0.717, 1.165) is 6.07 Å². The summed E-state index contributed by atoms with van der Waals surface area (Å²) in [6.07, 6.45) is -1.30. The molecule has 0 aliphatic heterocycles. The molecule has 1 heterocycles. The van der Waals surface area contributed by atoms with Crippen molar-refractivity contribution in [1.82, 2.24) is 0 Å². The molecule has 3 aromatic rings. The number of hydrogen-bond acceptors (Lipinski definition) is 8. The van der Waals surface area contributed by atoms with Crippen molar-refractivity contribution in [2.75, 3.05) is 7.11 Å². The van der Waals surface area contributed by atoms with Crippen LogP contribution in [-0.4, -0.2) is 39.2 Å². The van der Waals surface area contributed by atoms with E-state index in [-0.39, 0.29) is 40.6 Å². The smallest absolute Gasteiger partial charge is 0.294 e. The number of phenolic OH excluding ortho intramolecular Hbond substituents is 2. The average molecular weight is 402 g/mol. The van der Waals surface area contributed by atoms with Crippen LogP contribution in [0.2, 0.25) is 0 Å². The minimum Gasteiger partial charge on any atom is -0.508 e. The molecule has 1 atom stereocenters. The molecule has 4 N–H and O–H groups in total. The van der Waals surface area contributed by atoms with Crippen LogP contribution in [0.5, 0.6) is 28.9 Å². The van der Waals surface area contributed by atoms with Gasteiger partial charge in [-0.25, -0.2) is 0 Å². The molecule has 0 bridgehead atoms. The van der Waals surface area contributed by atoms with Gasteiger partial charge in [-0.2, -0.15) is 0 Å². The van der Waals surface area contributed by atoms with Gasteiger partial charge < -0.3 is 34.3 Å². The van der Waals surface area contributed by atoms with Gasteiger partial charge in [0.2, 0.25) is 0 Å². The van der Waals surface area contributed by atoms with Gasteiger partial charge in [0, 0.05) is 18.1 Å². The van der Waals surface area contributed by atoms with Gasteiger partial charge in [-0.05, 0) is 38.1 Å². The van der Waals surface area contributed by atoms with Crippen molar-refractivity contribution < 1.29 is 34.3 Å². The Bertz CT molecular complexity index is 1080. The van der Waals surface area contributed by atoms with Gasteiger partial charge in [-0.3, -0.25) is 4.79 Å². The second-order valence-electron chi connectivity index (χ2n) is 7.18. The van der Waals surface area contributed by atoms with E-state index in [2.05, 4.69) is 0 Å². The molecule has 1 aromatic heterocycles. The zero-order valence-corrected chi connectivity index (χ0v) is 16.2. The summed E-state index contributed by atoms with van der Waals surface area (Å²) in [5.74, 6) is 0.0525. The van der Waals surface area contributed by atoms with Gasteiger partial charge in [-0.15, -0.1) is 0 Å². The first kappa shape index (κ1) is 20.5. The third kappa shape index (κ3) is 4.28. The summed E-state index contributed by atoms with van der Waals surface area (Å²) in [5.41, 5.74) is -1.70. The van der Waals surface area contributed by atoms with Crippen molar-refractivity contribution >= 4 is 11.0 Å². The number of ether oxygens (including phenoxy) is 2. The summed E-state index contributed by atoms with van der Waals surface area (Å²) in [6.45, 7) is 2.89. The predicted octanol–water partition coefficient (Wildman–Crippen LogP) is 2.68. The molecule has 3 rings (SSSR count). The largest absolute Gasteiger partial charge is 0.508 e. The summed E-state index contributed by atoms with van der Waals surface area (Å²) in [7, 11) is 1.37. The Morgan fingerprint density at radius 3 is 2.38 bits per heavy atom. The number of methoxy groups -OCH3 is 1. The Morgan fingerprint density at radius 2 is 1.79 bits per heavy atom. The molecule has 0 aliphatic carbocycles. The molecule has 0 spiro atoms. The summed E-state index contributed by atoms with van der Waals surface area (Å²) in [4.78, 5) is 12.6. The van der Waals surface area contributed by atoms with Gasteiger partial charge >= 0.3 is 0 Å². The van der Waals surface area contributed by atoms with Crippen molar-refractivity contribution in [3.05, 3.63) is 52.2 Å². The molecule has 0 amide bonds. The highest BCUT2D eigenvalue weighted by Gasteiger charge is 2.28. The second kappa shape index (κ2) is 7.65. The molecule has 0 aliphatic rings. The number of fused-ring (bicyclic) bond motifs is 1. The fraction of sp³-hybridized carbons (Fsp3) is 0.286. The van der Waals surface area contributed by atoms with Crippen molar-refractivity contribution in [2.45, 2.75) is 32.0 Å². The fourth-order valence-corrected chi connectivity index (χ4v) is 2.82. The van der Waals surface area contributed by atoms with Crippen LogP contribution in [0.1, 0.15) is 19.4 Å². The predicted molar refractivity (Wildman–Crippen MR) is 105 cm³/mol. The van der Waals surface area contributed by atoms with Gasteiger partial charge in [0.25, 0.3) is 5.95 Å². The zero-order chi connectivity index (χ0) is 21.3. The molecule has 0 radical (unpaired) electrons. The molecular formula is C21H22O8. The maximum Gasteiger partial charge on any atom is 0.294 e. The molecule has 8 heteroatoms. The van der Waals surface area contributed by atoms with E-state index in [9.17, 15) is 25.2 Å². The van der Waals surface area contributed by atoms with Crippen LogP contribution in [0.15, 0.2) is 45.6 Å². The van der Waals surface area contributed by atoms with Crippen LogP contribution in [0.25, 0.3) is 11.0 Å². The van der Waals surface area contributed by atoms with E-state index in [1.54, 1.807) is 0 Å². The van der Waals surface area contributed by atoms with Gasteiger partial charge in [-0.1, -0.05) is 0 Å². The molecular weight excluding hydrogens is 380 g/mol. The average Bonchev–Trinajstić information content (AvgIpc) is 2.64. The lowest BCUT2D eigenvalue weighted by molar-refractivity contribution is -0.0470. The normalized spacial score (nSPS) is 12.7. The van der Waals surface area contributed by atoms with Crippen LogP contribution >= 0.6 is 0 Å². The molecule has 154 valence electrons. The summed E-state index contributed by atoms with van der Waals surface area (Å²) >= 11 is 0. The fourth-order valence-electron chi connectivity index (χ4n) is 2.82. The highest BCUT2D eigenvalue weighted by molar-refractivity contribution is 5.88. The minimum absolute atomic E-state index is 0.0218. The monoisotopic (exact) mass is 402 g/mol. The van der Waals surface area contributed by atoms with E-state index >= 15 is 0 Å². The maximum atomic E-state index is 12.6. The number of rotatable bonds is 6. The highest BCUT2D eigenvalue weighted by atomic mass is 16.6. The first-order valence-electron chi connectivity index (χ1n) is 8.84. The molecule has 1 unspecified atom stereocenters. The van der Waals surface area contributed by atoms with Crippen LogP contribution in [0.3, 0.4) is 0 Å². The summed E-state index contributed by atoms with van der Waals surface area (Å²) in [6, 6.07) is 8.13. The number of aliphatic hydroxyl groups is 2. The van der Waals surface area contributed by atoms with E-state index in [1.165, 1.54) is 51.3 Å². The van der Waals surface area contributed by atoms with Gasteiger partial charge in [0.1, 0.15) is 28.4 Å². The maximum absolute atomic E-state index is 12.6. The lowest BCUT2D eigenvalue weighted by atomic mass is 9.93. The van der Waals surface area contributed by atoms with Gasteiger partial charge in [0.15, 0.2) is 11.0 Å². The van der Waals surface area contributed by atoms with E-state index in [1.807, 2.05) is 0 Å². The first-order valence-corrected chi connectivity index (χ1v) is 8.84.